The van der Waals surface area contributed by atoms with Crippen molar-refractivity contribution in [2.45, 2.75) is 0 Å². The molecule has 2 heterocycles. The molecule has 0 fully saturated rings. The standard InChI is InChI=1S/C28H18N2.Pt/c1-2-8-22(14-16-28-18-24-10-4-6-12-26(24)20-30-28)21(7-1)13-15-27-17-23-9-3-5-11-25(23)19-29-27;/h1-12,15-20H;/q-2;+2. The maximum Gasteiger partial charge on any atom is 2.00 e. The maximum atomic E-state index is 4.52. The van der Waals surface area contributed by atoms with Gasteiger partial charge < -0.3 is 9.97 Å². The first kappa shape index (κ1) is 20.9. The minimum atomic E-state index is 0. The maximum absolute atomic E-state index is 4.52. The van der Waals surface area contributed by atoms with Crippen LogP contribution in [0.25, 0.3) is 33.7 Å². The van der Waals surface area contributed by atoms with Crippen LogP contribution in [-0.4, -0.2) is 9.97 Å². The molecule has 0 aliphatic carbocycles. The third-order valence-electron chi connectivity index (χ3n) is 4.98. The van der Waals surface area contributed by atoms with E-state index in [0.29, 0.717) is 0 Å². The van der Waals surface area contributed by atoms with Gasteiger partial charge in [0.25, 0.3) is 0 Å². The van der Waals surface area contributed by atoms with Gasteiger partial charge in [-0.15, -0.1) is 24.3 Å². The zero-order valence-corrected chi connectivity index (χ0v) is 18.9. The number of nitrogens with zero attached hydrogens (tertiary/aromatic N) is 2. The SMILES string of the molecule is [C-](=Cc1cc2ccccc2cn1)c1ccccc1[C-]=Cc1cc2ccccc2cn1.[Pt+2]. The predicted octanol–water partition coefficient (Wildman–Crippen LogP) is 6.51. The molecule has 3 heteroatoms. The Labute approximate surface area is 196 Å². The molecule has 0 spiro atoms. The summed E-state index contributed by atoms with van der Waals surface area (Å²) in [5.74, 6) is 0. The molecule has 31 heavy (non-hydrogen) atoms. The van der Waals surface area contributed by atoms with Gasteiger partial charge in [0.15, 0.2) is 0 Å². The van der Waals surface area contributed by atoms with Crippen LogP contribution in [0.4, 0.5) is 0 Å². The van der Waals surface area contributed by atoms with Crippen molar-refractivity contribution in [1.29, 1.82) is 0 Å². The molecule has 0 aliphatic heterocycles. The van der Waals surface area contributed by atoms with Gasteiger partial charge in [0.05, 0.1) is 0 Å². The van der Waals surface area contributed by atoms with Crippen LogP contribution in [0.5, 0.6) is 0 Å². The van der Waals surface area contributed by atoms with Gasteiger partial charge in [-0.1, -0.05) is 60.7 Å². The summed E-state index contributed by atoms with van der Waals surface area (Å²) in [5.41, 5.74) is 3.68. The van der Waals surface area contributed by atoms with E-state index < -0.39 is 0 Å². The summed E-state index contributed by atoms with van der Waals surface area (Å²) < 4.78 is 0. The summed E-state index contributed by atoms with van der Waals surface area (Å²) in [7, 11) is 0. The van der Waals surface area contributed by atoms with Crippen molar-refractivity contribution >= 4 is 33.7 Å². The second-order valence-electron chi connectivity index (χ2n) is 7.04. The largest absolute Gasteiger partial charge is 2.00 e. The third kappa shape index (κ3) is 4.87. The molecule has 0 atom stereocenters. The van der Waals surface area contributed by atoms with Gasteiger partial charge in [0, 0.05) is 12.4 Å². The van der Waals surface area contributed by atoms with Crippen molar-refractivity contribution in [1.82, 2.24) is 9.97 Å². The zero-order valence-electron chi connectivity index (χ0n) is 16.6. The summed E-state index contributed by atoms with van der Waals surface area (Å²) >= 11 is 0. The van der Waals surface area contributed by atoms with E-state index in [-0.39, 0.29) is 21.1 Å². The van der Waals surface area contributed by atoms with Gasteiger partial charge in [-0.05, 0) is 32.9 Å². The van der Waals surface area contributed by atoms with Gasteiger partial charge in [-0.25, -0.2) is 11.1 Å². The Bertz CT molecular complexity index is 1290. The summed E-state index contributed by atoms with van der Waals surface area (Å²) in [4.78, 5) is 9.04. The van der Waals surface area contributed by atoms with Crippen molar-refractivity contribution in [2.75, 3.05) is 0 Å². The monoisotopic (exact) mass is 577 g/mol. The van der Waals surface area contributed by atoms with E-state index in [1.54, 1.807) is 0 Å². The number of hydrogen-bond donors (Lipinski definition) is 0. The van der Waals surface area contributed by atoms with Crippen molar-refractivity contribution in [3.8, 4) is 0 Å². The molecule has 2 nitrogen and oxygen atoms in total. The van der Waals surface area contributed by atoms with E-state index in [0.717, 1.165) is 33.3 Å². The molecule has 3 aromatic carbocycles. The molecule has 0 amide bonds. The van der Waals surface area contributed by atoms with E-state index in [4.69, 9.17) is 0 Å². The first-order valence-corrected chi connectivity index (χ1v) is 9.83. The van der Waals surface area contributed by atoms with E-state index >= 15 is 0 Å². The van der Waals surface area contributed by atoms with Crippen LogP contribution in [0.3, 0.4) is 0 Å². The van der Waals surface area contributed by atoms with Crippen molar-refractivity contribution in [3.63, 3.8) is 0 Å². The van der Waals surface area contributed by atoms with E-state index in [1.807, 2.05) is 73.1 Å². The molecule has 0 saturated carbocycles. The molecule has 0 aliphatic rings. The molecule has 5 rings (SSSR count). The van der Waals surface area contributed by atoms with Crippen molar-refractivity contribution in [3.05, 3.63) is 132 Å². The summed E-state index contributed by atoms with van der Waals surface area (Å²) in [6.07, 6.45) is 14.4. The number of benzene rings is 3. The molecular formula is C28H18N2Pt. The van der Waals surface area contributed by atoms with Crippen LogP contribution in [0, 0.1) is 12.2 Å². The van der Waals surface area contributed by atoms with Gasteiger partial charge in [-0.3, -0.25) is 0 Å². The smallest absolute Gasteiger partial charge is 0.304 e. The fourth-order valence-corrected chi connectivity index (χ4v) is 3.40. The fraction of sp³-hybridized carbons (Fsp3) is 0. The Morgan fingerprint density at radius 3 is 1.35 bits per heavy atom. The van der Waals surface area contributed by atoms with Gasteiger partial charge in [0.2, 0.25) is 0 Å². The van der Waals surface area contributed by atoms with Gasteiger partial charge in [-0.2, -0.15) is 24.3 Å². The Morgan fingerprint density at radius 2 is 0.903 bits per heavy atom. The summed E-state index contributed by atoms with van der Waals surface area (Å²) in [6, 6.07) is 28.6. The van der Waals surface area contributed by atoms with Crippen LogP contribution < -0.4 is 0 Å². The predicted molar refractivity (Wildman–Crippen MR) is 124 cm³/mol. The van der Waals surface area contributed by atoms with E-state index in [2.05, 4.69) is 58.5 Å². The molecule has 150 valence electrons. The Morgan fingerprint density at radius 1 is 0.516 bits per heavy atom. The van der Waals surface area contributed by atoms with E-state index in [1.165, 1.54) is 10.8 Å². The van der Waals surface area contributed by atoms with Gasteiger partial charge >= 0.3 is 21.1 Å². The van der Waals surface area contributed by atoms with Crippen LogP contribution >= 0.6 is 0 Å². The summed E-state index contributed by atoms with van der Waals surface area (Å²) in [5, 5.41) is 4.61. The minimum Gasteiger partial charge on any atom is -0.304 e. The number of rotatable bonds is 4. The molecular weight excluding hydrogens is 559 g/mol. The molecule has 0 bridgehead atoms. The molecule has 5 aromatic rings. The van der Waals surface area contributed by atoms with Crippen LogP contribution in [0.1, 0.15) is 22.5 Å². The first-order valence-electron chi connectivity index (χ1n) is 9.83. The molecule has 0 N–H and O–H groups in total. The number of hydrogen-bond acceptors (Lipinski definition) is 2. The fourth-order valence-electron chi connectivity index (χ4n) is 3.40. The Hall–Kier alpha value is -3.35. The minimum absolute atomic E-state index is 0. The molecule has 0 radical (unpaired) electrons. The van der Waals surface area contributed by atoms with Crippen LogP contribution in [-0.2, 0) is 21.1 Å². The van der Waals surface area contributed by atoms with Crippen LogP contribution in [0.15, 0.2) is 97.3 Å². The first-order chi connectivity index (χ1) is 14.8. The second-order valence-corrected chi connectivity index (χ2v) is 7.04. The summed E-state index contributed by atoms with van der Waals surface area (Å²) in [6.45, 7) is 0. The van der Waals surface area contributed by atoms with E-state index in [9.17, 15) is 0 Å². The average Bonchev–Trinajstić information content (AvgIpc) is 2.81. The molecule has 2 aromatic heterocycles. The van der Waals surface area contributed by atoms with Crippen LogP contribution in [0.2, 0.25) is 0 Å². The number of pyridine rings is 2. The zero-order chi connectivity index (χ0) is 20.2. The average molecular weight is 578 g/mol. The molecule has 0 saturated heterocycles. The quantitative estimate of drug-likeness (QED) is 0.228. The Balaban J connectivity index is 0.00000231. The van der Waals surface area contributed by atoms with Gasteiger partial charge in [0.1, 0.15) is 0 Å². The van der Waals surface area contributed by atoms with Crippen molar-refractivity contribution < 1.29 is 21.1 Å². The topological polar surface area (TPSA) is 25.8 Å². The molecule has 0 unspecified atom stereocenters. The number of aromatic nitrogens is 2. The Kier molecular flexibility index (Phi) is 6.50. The third-order valence-corrected chi connectivity index (χ3v) is 4.98. The van der Waals surface area contributed by atoms with Crippen molar-refractivity contribution in [2.24, 2.45) is 0 Å². The second kappa shape index (κ2) is 9.64. The number of fused-ring (bicyclic) bond motifs is 2. The normalized spacial score (nSPS) is 11.4.